The lowest BCUT2D eigenvalue weighted by Crippen LogP contribution is -2.41. The van der Waals surface area contributed by atoms with Crippen molar-refractivity contribution < 1.29 is 9.52 Å². The SMILES string of the molecule is Cc1oc2ccccc2c1CNCC1(O)CCCCC1. The molecule has 108 valence electrons. The van der Waals surface area contributed by atoms with Crippen LogP contribution in [0.1, 0.15) is 43.4 Å². The zero-order valence-corrected chi connectivity index (χ0v) is 12.1. The monoisotopic (exact) mass is 273 g/mol. The lowest BCUT2D eigenvalue weighted by molar-refractivity contribution is 0.00467. The highest BCUT2D eigenvalue weighted by molar-refractivity contribution is 5.82. The molecule has 1 fully saturated rings. The summed E-state index contributed by atoms with van der Waals surface area (Å²) in [6, 6.07) is 8.13. The third-order valence-corrected chi connectivity index (χ3v) is 4.44. The van der Waals surface area contributed by atoms with E-state index in [1.807, 2.05) is 25.1 Å². The summed E-state index contributed by atoms with van der Waals surface area (Å²) in [5.41, 5.74) is 1.64. The fourth-order valence-electron chi connectivity index (χ4n) is 3.25. The van der Waals surface area contributed by atoms with E-state index >= 15 is 0 Å². The number of para-hydroxylation sites is 1. The Bertz CT molecular complexity index is 582. The molecule has 0 amide bonds. The third kappa shape index (κ3) is 2.74. The van der Waals surface area contributed by atoms with Gasteiger partial charge in [0.15, 0.2) is 0 Å². The van der Waals surface area contributed by atoms with Crippen LogP contribution in [0.2, 0.25) is 0 Å². The molecule has 3 heteroatoms. The van der Waals surface area contributed by atoms with Crippen molar-refractivity contribution in [1.29, 1.82) is 0 Å². The van der Waals surface area contributed by atoms with Crippen molar-refractivity contribution in [2.75, 3.05) is 6.54 Å². The number of nitrogens with one attached hydrogen (secondary N) is 1. The molecule has 1 aromatic carbocycles. The number of furan rings is 1. The minimum atomic E-state index is -0.508. The first-order chi connectivity index (χ1) is 9.68. The van der Waals surface area contributed by atoms with Gasteiger partial charge in [0.2, 0.25) is 0 Å². The van der Waals surface area contributed by atoms with Crippen LogP contribution in [0.3, 0.4) is 0 Å². The molecule has 0 atom stereocenters. The normalized spacial score (nSPS) is 18.5. The van der Waals surface area contributed by atoms with Crippen molar-refractivity contribution in [1.82, 2.24) is 5.32 Å². The second-order valence-corrected chi connectivity index (χ2v) is 6.02. The molecule has 1 saturated carbocycles. The Hall–Kier alpha value is -1.32. The number of benzene rings is 1. The minimum absolute atomic E-state index is 0.508. The molecule has 3 rings (SSSR count). The first kappa shape index (κ1) is 13.7. The summed E-state index contributed by atoms with van der Waals surface area (Å²) in [6.45, 7) is 3.43. The van der Waals surface area contributed by atoms with Crippen molar-refractivity contribution in [2.45, 2.75) is 51.2 Å². The lowest BCUT2D eigenvalue weighted by Gasteiger charge is -2.32. The second kappa shape index (κ2) is 5.58. The van der Waals surface area contributed by atoms with E-state index in [0.29, 0.717) is 6.54 Å². The van der Waals surface area contributed by atoms with E-state index in [2.05, 4.69) is 11.4 Å². The molecule has 0 aliphatic heterocycles. The van der Waals surface area contributed by atoms with Crippen LogP contribution < -0.4 is 5.32 Å². The Labute approximate surface area is 120 Å². The van der Waals surface area contributed by atoms with Gasteiger partial charge < -0.3 is 14.8 Å². The Morgan fingerprint density at radius 1 is 1.20 bits per heavy atom. The van der Waals surface area contributed by atoms with Gasteiger partial charge in [-0.05, 0) is 25.8 Å². The Balaban J connectivity index is 1.66. The highest BCUT2D eigenvalue weighted by Gasteiger charge is 2.28. The van der Waals surface area contributed by atoms with E-state index in [-0.39, 0.29) is 0 Å². The zero-order chi connectivity index (χ0) is 14.0. The number of aryl methyl sites for hydroxylation is 1. The summed E-state index contributed by atoms with van der Waals surface area (Å²) in [6.07, 6.45) is 5.39. The van der Waals surface area contributed by atoms with Gasteiger partial charge in [-0.1, -0.05) is 37.5 Å². The smallest absolute Gasteiger partial charge is 0.134 e. The van der Waals surface area contributed by atoms with Crippen molar-refractivity contribution in [3.05, 3.63) is 35.6 Å². The predicted molar refractivity (Wildman–Crippen MR) is 80.7 cm³/mol. The number of hydrogen-bond acceptors (Lipinski definition) is 3. The maximum absolute atomic E-state index is 10.5. The summed E-state index contributed by atoms with van der Waals surface area (Å²) in [4.78, 5) is 0. The molecule has 2 aromatic rings. The molecule has 0 saturated heterocycles. The summed E-state index contributed by atoms with van der Waals surface area (Å²) in [5, 5.41) is 15.1. The standard InChI is InChI=1S/C17H23NO2/c1-13-15(14-7-3-4-8-16(14)20-13)11-18-12-17(19)9-5-2-6-10-17/h3-4,7-8,18-19H,2,5-6,9-12H2,1H3. The van der Waals surface area contributed by atoms with Gasteiger partial charge >= 0.3 is 0 Å². The first-order valence-electron chi connectivity index (χ1n) is 7.58. The van der Waals surface area contributed by atoms with Crippen LogP contribution in [0.4, 0.5) is 0 Å². The average Bonchev–Trinajstić information content (AvgIpc) is 2.76. The number of rotatable bonds is 4. The molecular weight excluding hydrogens is 250 g/mol. The van der Waals surface area contributed by atoms with Gasteiger partial charge in [-0.15, -0.1) is 0 Å². The fraction of sp³-hybridized carbons (Fsp3) is 0.529. The van der Waals surface area contributed by atoms with E-state index in [9.17, 15) is 5.11 Å². The highest BCUT2D eigenvalue weighted by atomic mass is 16.3. The first-order valence-corrected chi connectivity index (χ1v) is 7.58. The lowest BCUT2D eigenvalue weighted by atomic mass is 9.85. The van der Waals surface area contributed by atoms with Crippen LogP contribution in [-0.2, 0) is 6.54 Å². The summed E-state index contributed by atoms with van der Waals surface area (Å²) < 4.78 is 5.76. The topological polar surface area (TPSA) is 45.4 Å². The van der Waals surface area contributed by atoms with E-state index in [4.69, 9.17) is 4.42 Å². The molecule has 0 radical (unpaired) electrons. The molecule has 1 aliphatic carbocycles. The highest BCUT2D eigenvalue weighted by Crippen LogP contribution is 2.28. The molecule has 1 heterocycles. The Morgan fingerprint density at radius 3 is 2.75 bits per heavy atom. The number of fused-ring (bicyclic) bond motifs is 1. The predicted octanol–water partition coefficient (Wildman–Crippen LogP) is 3.53. The van der Waals surface area contributed by atoms with Gasteiger partial charge in [0.05, 0.1) is 5.60 Å². The zero-order valence-electron chi connectivity index (χ0n) is 12.1. The van der Waals surface area contributed by atoms with Crippen LogP contribution in [0.25, 0.3) is 11.0 Å². The van der Waals surface area contributed by atoms with E-state index in [0.717, 1.165) is 43.6 Å². The summed E-state index contributed by atoms with van der Waals surface area (Å²) >= 11 is 0. The Morgan fingerprint density at radius 2 is 1.95 bits per heavy atom. The number of hydrogen-bond donors (Lipinski definition) is 2. The van der Waals surface area contributed by atoms with Gasteiger partial charge in [-0.2, -0.15) is 0 Å². The molecular formula is C17H23NO2. The molecule has 0 bridgehead atoms. The molecule has 20 heavy (non-hydrogen) atoms. The second-order valence-electron chi connectivity index (χ2n) is 6.02. The summed E-state index contributed by atoms with van der Waals surface area (Å²) in [5.74, 6) is 0.967. The van der Waals surface area contributed by atoms with Crippen molar-refractivity contribution >= 4 is 11.0 Å². The fourth-order valence-corrected chi connectivity index (χ4v) is 3.25. The van der Waals surface area contributed by atoms with Crippen molar-refractivity contribution in [3.8, 4) is 0 Å². The Kier molecular flexibility index (Phi) is 3.81. The van der Waals surface area contributed by atoms with E-state index in [1.165, 1.54) is 17.4 Å². The van der Waals surface area contributed by atoms with Crippen LogP contribution in [0, 0.1) is 6.92 Å². The summed E-state index contributed by atoms with van der Waals surface area (Å²) in [7, 11) is 0. The van der Waals surface area contributed by atoms with Crippen LogP contribution in [0.15, 0.2) is 28.7 Å². The third-order valence-electron chi connectivity index (χ3n) is 4.44. The maximum Gasteiger partial charge on any atom is 0.134 e. The molecule has 2 N–H and O–H groups in total. The van der Waals surface area contributed by atoms with Gasteiger partial charge in [0.25, 0.3) is 0 Å². The van der Waals surface area contributed by atoms with Crippen molar-refractivity contribution in [2.24, 2.45) is 0 Å². The van der Waals surface area contributed by atoms with E-state index < -0.39 is 5.60 Å². The van der Waals surface area contributed by atoms with Crippen LogP contribution >= 0.6 is 0 Å². The van der Waals surface area contributed by atoms with Gasteiger partial charge in [0.1, 0.15) is 11.3 Å². The largest absolute Gasteiger partial charge is 0.461 e. The van der Waals surface area contributed by atoms with Crippen LogP contribution in [0.5, 0.6) is 0 Å². The number of aliphatic hydroxyl groups is 1. The maximum atomic E-state index is 10.5. The molecule has 0 spiro atoms. The molecule has 3 nitrogen and oxygen atoms in total. The van der Waals surface area contributed by atoms with Gasteiger partial charge in [0, 0.05) is 24.0 Å². The molecule has 0 unspecified atom stereocenters. The molecule has 1 aliphatic rings. The quantitative estimate of drug-likeness (QED) is 0.895. The van der Waals surface area contributed by atoms with E-state index in [1.54, 1.807) is 0 Å². The van der Waals surface area contributed by atoms with Crippen LogP contribution in [-0.4, -0.2) is 17.3 Å². The van der Waals surface area contributed by atoms with Crippen molar-refractivity contribution in [3.63, 3.8) is 0 Å². The molecule has 1 aromatic heterocycles. The van der Waals surface area contributed by atoms with Gasteiger partial charge in [-0.25, -0.2) is 0 Å². The average molecular weight is 273 g/mol. The van der Waals surface area contributed by atoms with Gasteiger partial charge in [-0.3, -0.25) is 0 Å². The minimum Gasteiger partial charge on any atom is -0.461 e.